The number of amides is 2. The van der Waals surface area contributed by atoms with Crippen LogP contribution in [0.2, 0.25) is 0 Å². The summed E-state index contributed by atoms with van der Waals surface area (Å²) in [5.41, 5.74) is 1.72. The summed E-state index contributed by atoms with van der Waals surface area (Å²) in [6.07, 6.45) is 5.35. The Morgan fingerprint density at radius 2 is 1.76 bits per heavy atom. The van der Waals surface area contributed by atoms with Gasteiger partial charge in [-0.1, -0.05) is 18.6 Å². The number of rotatable bonds is 9. The summed E-state index contributed by atoms with van der Waals surface area (Å²) >= 11 is 0. The Bertz CT molecular complexity index is 971. The zero-order valence-electron chi connectivity index (χ0n) is 20.8. The molecule has 1 aromatic rings. The Balaban J connectivity index is 1.43. The number of nitrogens with one attached hydrogen (secondary N) is 1. The van der Waals surface area contributed by atoms with Crippen LogP contribution in [0.25, 0.3) is 0 Å². The van der Waals surface area contributed by atoms with Crippen molar-refractivity contribution in [1.82, 2.24) is 14.5 Å². The summed E-state index contributed by atoms with van der Waals surface area (Å²) in [6, 6.07) is 5.50. The minimum absolute atomic E-state index is 0.00461. The Morgan fingerprint density at radius 1 is 1.06 bits per heavy atom. The second kappa shape index (κ2) is 11.5. The maximum absolute atomic E-state index is 13.2. The lowest BCUT2D eigenvalue weighted by atomic mass is 9.78. The highest BCUT2D eigenvalue weighted by atomic mass is 32.2. The minimum Gasteiger partial charge on any atom is -0.466 e. The van der Waals surface area contributed by atoms with E-state index in [0.29, 0.717) is 50.6 Å². The number of aryl methyl sites for hydroxylation is 2. The van der Waals surface area contributed by atoms with Gasteiger partial charge < -0.3 is 15.0 Å². The van der Waals surface area contributed by atoms with Crippen molar-refractivity contribution >= 4 is 22.0 Å². The molecule has 3 rings (SSSR count). The molecule has 0 aliphatic carbocycles. The second-order valence-corrected chi connectivity index (χ2v) is 11.6. The van der Waals surface area contributed by atoms with E-state index < -0.39 is 10.0 Å². The molecule has 1 N–H and O–H groups in total. The molecule has 0 aromatic heterocycles. The quantitative estimate of drug-likeness (QED) is 0.419. The van der Waals surface area contributed by atoms with Gasteiger partial charge >= 0.3 is 12.0 Å². The van der Waals surface area contributed by atoms with Crippen LogP contribution in [0.15, 0.2) is 23.1 Å². The molecule has 0 atom stereocenters. The van der Waals surface area contributed by atoms with Crippen LogP contribution < -0.4 is 5.32 Å². The van der Waals surface area contributed by atoms with Gasteiger partial charge in [0.15, 0.2) is 0 Å². The molecule has 2 fully saturated rings. The maximum atomic E-state index is 13.2. The fourth-order valence-electron chi connectivity index (χ4n) is 4.95. The third-order valence-corrected chi connectivity index (χ3v) is 9.15. The number of carbonyl (C=O) groups is 2. The fourth-order valence-corrected chi connectivity index (χ4v) is 6.70. The molecule has 2 amide bonds. The van der Waals surface area contributed by atoms with Crippen molar-refractivity contribution in [1.29, 1.82) is 0 Å². The van der Waals surface area contributed by atoms with Gasteiger partial charge in [0.1, 0.15) is 0 Å². The van der Waals surface area contributed by atoms with Crippen molar-refractivity contribution in [2.24, 2.45) is 5.41 Å². The summed E-state index contributed by atoms with van der Waals surface area (Å²) in [6.45, 7) is 8.92. The van der Waals surface area contributed by atoms with Crippen LogP contribution in [0.1, 0.15) is 63.0 Å². The highest BCUT2D eigenvalue weighted by Gasteiger charge is 2.44. The number of urea groups is 1. The lowest BCUT2D eigenvalue weighted by Gasteiger charge is -2.38. The number of likely N-dealkylation sites (tertiary alicyclic amines) is 1. The molecule has 2 heterocycles. The molecule has 0 bridgehead atoms. The highest BCUT2D eigenvalue weighted by Crippen LogP contribution is 2.41. The van der Waals surface area contributed by atoms with E-state index in [1.54, 1.807) is 17.3 Å². The number of benzene rings is 1. The zero-order valence-corrected chi connectivity index (χ0v) is 21.6. The number of unbranched alkanes of at least 4 members (excludes halogenated alkanes) is 2. The zero-order chi connectivity index (χ0) is 24.8. The molecule has 34 heavy (non-hydrogen) atoms. The van der Waals surface area contributed by atoms with Gasteiger partial charge in [0.05, 0.1) is 11.5 Å². The molecular formula is C25H39N3O5S. The van der Waals surface area contributed by atoms with Crippen LogP contribution >= 0.6 is 0 Å². The van der Waals surface area contributed by atoms with Gasteiger partial charge in [0.25, 0.3) is 0 Å². The highest BCUT2D eigenvalue weighted by molar-refractivity contribution is 7.89. The minimum atomic E-state index is -3.51. The van der Waals surface area contributed by atoms with Crippen molar-refractivity contribution in [3.8, 4) is 0 Å². The first-order valence-electron chi connectivity index (χ1n) is 12.4. The molecule has 0 saturated carbocycles. The van der Waals surface area contributed by atoms with Gasteiger partial charge in [-0.3, -0.25) is 4.79 Å². The average Bonchev–Trinajstić information content (AvgIpc) is 3.21. The van der Waals surface area contributed by atoms with Crippen LogP contribution in [0.3, 0.4) is 0 Å². The SMILES string of the molecule is CCOC(=O)CCCCCNC(=O)N1CCC2(CCN(S(=O)(=O)c3cc(C)ccc3C)CC2)C1. The van der Waals surface area contributed by atoms with Crippen molar-refractivity contribution in [3.05, 3.63) is 29.3 Å². The van der Waals surface area contributed by atoms with Crippen LogP contribution in [-0.4, -0.2) is 69.0 Å². The first kappa shape index (κ1) is 26.5. The largest absolute Gasteiger partial charge is 0.466 e. The van der Waals surface area contributed by atoms with Crippen molar-refractivity contribution in [2.75, 3.05) is 39.3 Å². The third kappa shape index (κ3) is 6.50. The van der Waals surface area contributed by atoms with Crippen LogP contribution in [0.4, 0.5) is 4.79 Å². The second-order valence-electron chi connectivity index (χ2n) is 9.69. The summed E-state index contributed by atoms with van der Waals surface area (Å²) < 4.78 is 33.0. The maximum Gasteiger partial charge on any atom is 0.317 e. The summed E-state index contributed by atoms with van der Waals surface area (Å²) in [5, 5.41) is 2.99. The van der Waals surface area contributed by atoms with Gasteiger partial charge in [-0.2, -0.15) is 4.31 Å². The standard InChI is InChI=1S/C25H39N3O5S/c1-4-33-23(29)8-6-5-7-14-26-24(30)27-15-11-25(19-27)12-16-28(17-13-25)34(31,32)22-18-20(2)9-10-21(22)3/h9-10,18H,4-8,11-17,19H2,1-3H3,(H,26,30). The van der Waals surface area contributed by atoms with Gasteiger partial charge in [-0.25, -0.2) is 13.2 Å². The van der Waals surface area contributed by atoms with Crippen LogP contribution in [0, 0.1) is 19.3 Å². The van der Waals surface area contributed by atoms with E-state index in [2.05, 4.69) is 5.32 Å². The Hall–Kier alpha value is -2.13. The molecular weight excluding hydrogens is 454 g/mol. The Kier molecular flexibility index (Phi) is 8.98. The van der Waals surface area contributed by atoms with E-state index in [1.807, 2.05) is 30.9 Å². The number of carbonyl (C=O) groups excluding carboxylic acids is 2. The van der Waals surface area contributed by atoms with Crippen LogP contribution in [-0.2, 0) is 19.6 Å². The lowest BCUT2D eigenvalue weighted by molar-refractivity contribution is -0.143. The number of sulfonamides is 1. The smallest absolute Gasteiger partial charge is 0.317 e. The van der Waals surface area contributed by atoms with E-state index in [0.717, 1.165) is 49.7 Å². The number of ether oxygens (including phenoxy) is 1. The van der Waals surface area contributed by atoms with Gasteiger partial charge in [0, 0.05) is 39.1 Å². The average molecular weight is 494 g/mol. The summed E-state index contributed by atoms with van der Waals surface area (Å²) in [7, 11) is -3.51. The topological polar surface area (TPSA) is 96.0 Å². The molecule has 8 nitrogen and oxygen atoms in total. The van der Waals surface area contributed by atoms with E-state index >= 15 is 0 Å². The van der Waals surface area contributed by atoms with Crippen molar-refractivity contribution < 1.29 is 22.7 Å². The van der Waals surface area contributed by atoms with Gasteiger partial charge in [-0.05, 0) is 75.5 Å². The summed E-state index contributed by atoms with van der Waals surface area (Å²) in [4.78, 5) is 26.2. The van der Waals surface area contributed by atoms with Gasteiger partial charge in [0.2, 0.25) is 10.0 Å². The first-order chi connectivity index (χ1) is 16.2. The van der Waals surface area contributed by atoms with E-state index in [9.17, 15) is 18.0 Å². The van der Waals surface area contributed by atoms with E-state index in [-0.39, 0.29) is 17.4 Å². The molecule has 2 aliphatic heterocycles. The molecule has 1 spiro atoms. The molecule has 9 heteroatoms. The number of piperidine rings is 1. The molecule has 0 radical (unpaired) electrons. The lowest BCUT2D eigenvalue weighted by Crippen LogP contribution is -2.45. The fraction of sp³-hybridized carbons (Fsp3) is 0.680. The van der Waals surface area contributed by atoms with Crippen molar-refractivity contribution in [3.63, 3.8) is 0 Å². The number of nitrogens with zero attached hydrogens (tertiary/aromatic N) is 2. The Morgan fingerprint density at radius 3 is 2.47 bits per heavy atom. The van der Waals surface area contributed by atoms with Crippen molar-refractivity contribution in [2.45, 2.75) is 70.6 Å². The predicted octanol–water partition coefficient (Wildman–Crippen LogP) is 3.61. The number of hydrogen-bond donors (Lipinski definition) is 1. The monoisotopic (exact) mass is 493 g/mol. The first-order valence-corrected chi connectivity index (χ1v) is 13.9. The Labute approximate surface area is 204 Å². The van der Waals surface area contributed by atoms with E-state index in [4.69, 9.17) is 4.74 Å². The summed E-state index contributed by atoms with van der Waals surface area (Å²) in [5.74, 6) is -0.165. The third-order valence-electron chi connectivity index (χ3n) is 7.11. The molecule has 0 unspecified atom stereocenters. The molecule has 2 saturated heterocycles. The molecule has 2 aliphatic rings. The number of hydrogen-bond acceptors (Lipinski definition) is 5. The molecule has 190 valence electrons. The van der Waals surface area contributed by atoms with Gasteiger partial charge in [-0.15, -0.1) is 0 Å². The van der Waals surface area contributed by atoms with E-state index in [1.165, 1.54) is 0 Å². The molecule has 1 aromatic carbocycles. The number of esters is 1. The predicted molar refractivity (Wildman–Crippen MR) is 131 cm³/mol. The normalized spacial score (nSPS) is 18.3. The van der Waals surface area contributed by atoms with Crippen LogP contribution in [0.5, 0.6) is 0 Å².